The average molecular weight is 271 g/mol. The Kier molecular flexibility index (Phi) is 3.92. The Morgan fingerprint density at radius 1 is 1.60 bits per heavy atom. The van der Waals surface area contributed by atoms with Gasteiger partial charge >= 0.3 is 0 Å². The van der Waals surface area contributed by atoms with E-state index in [1.165, 1.54) is 0 Å². The van der Waals surface area contributed by atoms with E-state index < -0.39 is 0 Å². The number of carbonyl (C=O) groups is 1. The summed E-state index contributed by atoms with van der Waals surface area (Å²) in [5.41, 5.74) is 1.17. The lowest BCUT2D eigenvalue weighted by Crippen LogP contribution is -2.11. The quantitative estimate of drug-likeness (QED) is 0.859. The molecule has 1 N–H and O–H groups in total. The van der Waals surface area contributed by atoms with Crippen molar-refractivity contribution in [1.82, 2.24) is 0 Å². The second kappa shape index (κ2) is 4.99. The second-order valence-electron chi connectivity index (χ2n) is 3.09. The Bertz CT molecular complexity index is 418. The van der Waals surface area contributed by atoms with Gasteiger partial charge in [0.05, 0.1) is 0 Å². The summed E-state index contributed by atoms with van der Waals surface area (Å²) in [6, 6.07) is 2.01. The predicted molar refractivity (Wildman–Crippen MR) is 59.9 cm³/mol. The van der Waals surface area contributed by atoms with Crippen LogP contribution in [0.4, 0.5) is 5.88 Å². The molecular weight excluding hydrogens is 260 g/mol. The van der Waals surface area contributed by atoms with Crippen LogP contribution >= 0.6 is 15.9 Å². The van der Waals surface area contributed by atoms with Crippen molar-refractivity contribution in [1.29, 1.82) is 5.26 Å². The highest BCUT2D eigenvalue weighted by molar-refractivity contribution is 9.09. The Labute approximate surface area is 96.4 Å². The van der Waals surface area contributed by atoms with Crippen LogP contribution in [0.5, 0.6) is 0 Å². The van der Waals surface area contributed by atoms with Gasteiger partial charge in [0, 0.05) is 17.3 Å². The number of aryl methyl sites for hydroxylation is 1. The summed E-state index contributed by atoms with van der Waals surface area (Å²) < 4.78 is 5.28. The van der Waals surface area contributed by atoms with Crippen LogP contribution in [-0.2, 0) is 4.79 Å². The van der Waals surface area contributed by atoms with Gasteiger partial charge in [-0.3, -0.25) is 10.1 Å². The maximum absolute atomic E-state index is 11.3. The van der Waals surface area contributed by atoms with Gasteiger partial charge in [-0.2, -0.15) is 5.26 Å². The Balaban J connectivity index is 2.91. The minimum atomic E-state index is -0.169. The highest BCUT2D eigenvalue weighted by Gasteiger charge is 2.15. The van der Waals surface area contributed by atoms with Gasteiger partial charge < -0.3 is 4.42 Å². The zero-order valence-corrected chi connectivity index (χ0v) is 10.1. The maximum Gasteiger partial charge on any atom is 0.227 e. The molecule has 0 saturated heterocycles. The third kappa shape index (κ3) is 2.60. The van der Waals surface area contributed by atoms with E-state index in [9.17, 15) is 4.79 Å². The number of rotatable bonds is 3. The predicted octanol–water partition coefficient (Wildman–Crippen LogP) is 2.49. The van der Waals surface area contributed by atoms with Gasteiger partial charge in [0.1, 0.15) is 17.4 Å². The molecule has 5 heteroatoms. The molecule has 0 aromatic carbocycles. The van der Waals surface area contributed by atoms with Crippen LogP contribution in [0.1, 0.15) is 23.3 Å². The maximum atomic E-state index is 11.3. The van der Waals surface area contributed by atoms with E-state index in [0.29, 0.717) is 23.1 Å². The Hall–Kier alpha value is -1.28. The SMILES string of the molecule is Cc1oc(NC(=O)CCBr)c(C#N)c1C. The van der Waals surface area contributed by atoms with Gasteiger partial charge in [-0.15, -0.1) is 0 Å². The van der Waals surface area contributed by atoms with E-state index in [1.807, 2.05) is 6.07 Å². The molecule has 0 bridgehead atoms. The molecule has 1 aromatic heterocycles. The molecule has 0 spiro atoms. The van der Waals surface area contributed by atoms with E-state index in [4.69, 9.17) is 9.68 Å². The van der Waals surface area contributed by atoms with Crippen molar-refractivity contribution in [2.24, 2.45) is 0 Å². The molecule has 1 heterocycles. The van der Waals surface area contributed by atoms with Crippen LogP contribution in [0.2, 0.25) is 0 Å². The van der Waals surface area contributed by atoms with Crippen LogP contribution in [-0.4, -0.2) is 11.2 Å². The van der Waals surface area contributed by atoms with Crippen molar-refractivity contribution in [2.75, 3.05) is 10.6 Å². The number of hydrogen-bond acceptors (Lipinski definition) is 3. The molecule has 0 unspecified atom stereocenters. The summed E-state index contributed by atoms with van der Waals surface area (Å²) in [7, 11) is 0. The van der Waals surface area contributed by atoms with E-state index in [1.54, 1.807) is 13.8 Å². The van der Waals surface area contributed by atoms with Gasteiger partial charge in [0.2, 0.25) is 11.8 Å². The summed E-state index contributed by atoms with van der Waals surface area (Å²) in [6.45, 7) is 3.55. The van der Waals surface area contributed by atoms with E-state index in [-0.39, 0.29) is 11.8 Å². The smallest absolute Gasteiger partial charge is 0.227 e. The first-order valence-corrected chi connectivity index (χ1v) is 5.58. The van der Waals surface area contributed by atoms with E-state index in [0.717, 1.165) is 5.56 Å². The number of furan rings is 1. The summed E-state index contributed by atoms with van der Waals surface area (Å²) in [5, 5.41) is 12.0. The number of amides is 1. The number of anilines is 1. The lowest BCUT2D eigenvalue weighted by Gasteiger charge is -1.99. The number of nitrogens with zero attached hydrogens (tertiary/aromatic N) is 1. The lowest BCUT2D eigenvalue weighted by atomic mass is 10.2. The first kappa shape index (κ1) is 11.8. The molecular formula is C10H11BrN2O2. The highest BCUT2D eigenvalue weighted by atomic mass is 79.9. The molecule has 0 saturated carbocycles. The van der Waals surface area contributed by atoms with Crippen LogP contribution in [0.3, 0.4) is 0 Å². The number of hydrogen-bond donors (Lipinski definition) is 1. The van der Waals surface area contributed by atoms with Gasteiger partial charge in [-0.1, -0.05) is 15.9 Å². The van der Waals surface area contributed by atoms with Crippen molar-refractivity contribution < 1.29 is 9.21 Å². The molecule has 1 amide bonds. The third-order valence-corrected chi connectivity index (χ3v) is 2.47. The molecule has 0 atom stereocenters. The van der Waals surface area contributed by atoms with Crippen LogP contribution in [0, 0.1) is 25.2 Å². The standard InChI is InChI=1S/C10H11BrN2O2/c1-6-7(2)15-10(8(6)5-12)13-9(14)3-4-11/h3-4H2,1-2H3,(H,13,14). The molecule has 0 aliphatic rings. The minimum absolute atomic E-state index is 0.169. The Morgan fingerprint density at radius 2 is 2.27 bits per heavy atom. The number of nitriles is 1. The van der Waals surface area contributed by atoms with E-state index >= 15 is 0 Å². The normalized spacial score (nSPS) is 9.73. The zero-order valence-electron chi connectivity index (χ0n) is 8.56. The Morgan fingerprint density at radius 3 is 2.80 bits per heavy atom. The first-order chi connectivity index (χ1) is 7.10. The number of halogens is 1. The summed E-state index contributed by atoms with van der Waals surface area (Å²) in [4.78, 5) is 11.3. The van der Waals surface area contributed by atoms with Crippen LogP contribution in [0.15, 0.2) is 4.42 Å². The largest absolute Gasteiger partial charge is 0.444 e. The fourth-order valence-corrected chi connectivity index (χ4v) is 1.48. The monoisotopic (exact) mass is 270 g/mol. The molecule has 0 radical (unpaired) electrons. The summed E-state index contributed by atoms with van der Waals surface area (Å²) in [5.74, 6) is 0.733. The molecule has 0 aliphatic heterocycles. The fourth-order valence-electron chi connectivity index (χ4n) is 1.12. The molecule has 1 rings (SSSR count). The van der Waals surface area contributed by atoms with Gasteiger partial charge in [-0.25, -0.2) is 0 Å². The first-order valence-electron chi connectivity index (χ1n) is 4.46. The average Bonchev–Trinajstić information content (AvgIpc) is 2.42. The number of nitrogens with one attached hydrogen (secondary N) is 1. The molecule has 0 aliphatic carbocycles. The van der Waals surface area contributed by atoms with Crippen molar-refractivity contribution in [3.63, 3.8) is 0 Å². The minimum Gasteiger partial charge on any atom is -0.444 e. The summed E-state index contributed by atoms with van der Waals surface area (Å²) in [6.07, 6.45) is 0.351. The van der Waals surface area contributed by atoms with Crippen molar-refractivity contribution in [2.45, 2.75) is 20.3 Å². The van der Waals surface area contributed by atoms with Crippen molar-refractivity contribution in [3.05, 3.63) is 16.9 Å². The van der Waals surface area contributed by atoms with Crippen LogP contribution in [0.25, 0.3) is 0 Å². The highest BCUT2D eigenvalue weighted by Crippen LogP contribution is 2.25. The number of alkyl halides is 1. The molecule has 1 aromatic rings. The fraction of sp³-hybridized carbons (Fsp3) is 0.400. The molecule has 0 fully saturated rings. The third-order valence-electron chi connectivity index (χ3n) is 2.07. The van der Waals surface area contributed by atoms with Gasteiger partial charge in [0.25, 0.3) is 0 Å². The van der Waals surface area contributed by atoms with Gasteiger partial charge in [0.15, 0.2) is 0 Å². The molecule has 80 valence electrons. The zero-order chi connectivity index (χ0) is 11.4. The van der Waals surface area contributed by atoms with Gasteiger partial charge in [-0.05, 0) is 13.8 Å². The lowest BCUT2D eigenvalue weighted by molar-refractivity contribution is -0.115. The van der Waals surface area contributed by atoms with Crippen molar-refractivity contribution in [3.8, 4) is 6.07 Å². The summed E-state index contributed by atoms with van der Waals surface area (Å²) >= 11 is 3.16. The molecule has 15 heavy (non-hydrogen) atoms. The van der Waals surface area contributed by atoms with Crippen molar-refractivity contribution >= 4 is 27.7 Å². The second-order valence-corrected chi connectivity index (χ2v) is 3.88. The van der Waals surface area contributed by atoms with Crippen LogP contribution < -0.4 is 5.32 Å². The topological polar surface area (TPSA) is 66.0 Å². The number of carbonyl (C=O) groups excluding carboxylic acids is 1. The van der Waals surface area contributed by atoms with E-state index in [2.05, 4.69) is 21.2 Å². The molecule has 4 nitrogen and oxygen atoms in total.